The number of nitrogens with one attached hydrogen (secondary N) is 2. The highest BCUT2D eigenvalue weighted by Gasteiger charge is 2.39. The van der Waals surface area contributed by atoms with Gasteiger partial charge in [-0.2, -0.15) is 0 Å². The number of hydrogen-bond acceptors (Lipinski definition) is 5. The Labute approximate surface area is 186 Å². The number of amides is 1. The lowest BCUT2D eigenvalue weighted by Gasteiger charge is -2.41. The molecule has 1 amide bonds. The number of rotatable bonds is 14. The molecule has 2 N–H and O–H groups in total. The van der Waals surface area contributed by atoms with Crippen LogP contribution in [-0.2, 0) is 19.1 Å². The number of ether oxygens (including phenoxy) is 2. The second-order valence-corrected chi connectivity index (χ2v) is 9.90. The molecule has 6 heteroatoms. The molecule has 0 aromatic carbocycles. The lowest BCUT2D eigenvalue weighted by Crippen LogP contribution is -2.47. The molecule has 0 fully saturated rings. The van der Waals surface area contributed by atoms with Crippen LogP contribution in [0.4, 0.5) is 0 Å². The zero-order valence-corrected chi connectivity index (χ0v) is 21.7. The van der Waals surface area contributed by atoms with Crippen LogP contribution in [-0.4, -0.2) is 50.8 Å². The van der Waals surface area contributed by atoms with E-state index in [0.717, 1.165) is 13.0 Å². The fourth-order valence-electron chi connectivity index (χ4n) is 3.41. The first-order valence-electron chi connectivity index (χ1n) is 11.4. The van der Waals surface area contributed by atoms with Crippen LogP contribution in [0.2, 0.25) is 0 Å². The van der Waals surface area contributed by atoms with Crippen LogP contribution in [0.1, 0.15) is 88.5 Å². The van der Waals surface area contributed by atoms with Gasteiger partial charge in [-0.15, -0.1) is 0 Å². The second-order valence-electron chi connectivity index (χ2n) is 9.90. The minimum absolute atomic E-state index is 0.0169. The molecule has 30 heavy (non-hydrogen) atoms. The van der Waals surface area contributed by atoms with Gasteiger partial charge in [0.1, 0.15) is 5.78 Å². The molecule has 2 atom stereocenters. The minimum Gasteiger partial charge on any atom is -0.354 e. The van der Waals surface area contributed by atoms with Gasteiger partial charge in [-0.05, 0) is 38.6 Å². The van der Waals surface area contributed by atoms with Crippen molar-refractivity contribution in [2.24, 2.45) is 16.7 Å². The average molecular weight is 431 g/mol. The summed E-state index contributed by atoms with van der Waals surface area (Å²) in [6.07, 6.45) is 1.85. The molecule has 6 nitrogen and oxygen atoms in total. The van der Waals surface area contributed by atoms with Crippen LogP contribution in [0.25, 0.3) is 0 Å². The lowest BCUT2D eigenvalue weighted by molar-refractivity contribution is -0.276. The Morgan fingerprint density at radius 1 is 0.933 bits per heavy atom. The van der Waals surface area contributed by atoms with Crippen molar-refractivity contribution in [1.29, 1.82) is 0 Å². The number of likely N-dealkylation sites (N-methyl/N-ethyl adjacent to an activating group) is 1. The molecule has 0 rings (SSSR count). The van der Waals surface area contributed by atoms with E-state index in [4.69, 9.17) is 9.47 Å². The Kier molecular flexibility index (Phi) is 15.5. The molecule has 180 valence electrons. The smallest absolute Gasteiger partial charge is 0.220 e. The third-order valence-corrected chi connectivity index (χ3v) is 5.06. The van der Waals surface area contributed by atoms with Gasteiger partial charge < -0.3 is 24.9 Å². The van der Waals surface area contributed by atoms with Crippen molar-refractivity contribution in [2.75, 3.05) is 33.4 Å². The summed E-state index contributed by atoms with van der Waals surface area (Å²) in [6.45, 7) is 22.2. The van der Waals surface area contributed by atoms with Gasteiger partial charge in [0.25, 0.3) is 0 Å². The summed E-state index contributed by atoms with van der Waals surface area (Å²) in [7, 11) is 1.89. The summed E-state index contributed by atoms with van der Waals surface area (Å²) >= 11 is 0. The molecule has 0 aliphatic rings. The topological polar surface area (TPSA) is 76.7 Å². The van der Waals surface area contributed by atoms with Crippen molar-refractivity contribution in [3.63, 3.8) is 0 Å². The third kappa shape index (κ3) is 14.1. The molecule has 0 saturated heterocycles. The maximum absolute atomic E-state index is 12.2. The van der Waals surface area contributed by atoms with E-state index in [1.165, 1.54) is 0 Å². The van der Waals surface area contributed by atoms with Crippen molar-refractivity contribution in [2.45, 2.75) is 94.3 Å². The highest BCUT2D eigenvalue weighted by Crippen LogP contribution is 2.34. The molecule has 0 spiro atoms. The number of carbonyl (C=O) groups is 2. The van der Waals surface area contributed by atoms with Crippen LogP contribution in [0.5, 0.6) is 0 Å². The number of carbonyl (C=O) groups excluding carboxylic acids is 2. The van der Waals surface area contributed by atoms with E-state index in [2.05, 4.69) is 52.2 Å². The van der Waals surface area contributed by atoms with Gasteiger partial charge in [-0.1, -0.05) is 55.4 Å². The summed E-state index contributed by atoms with van der Waals surface area (Å²) in [5.41, 5.74) is -0.268. The Hall–Kier alpha value is -0.980. The predicted molar refractivity (Wildman–Crippen MR) is 126 cm³/mol. The van der Waals surface area contributed by atoms with Gasteiger partial charge in [0.2, 0.25) is 5.91 Å². The number of ketones is 1. The highest BCUT2D eigenvalue weighted by atomic mass is 16.7. The first-order valence-corrected chi connectivity index (χ1v) is 11.4. The van der Waals surface area contributed by atoms with Gasteiger partial charge in [0.15, 0.2) is 5.79 Å². The van der Waals surface area contributed by atoms with Gasteiger partial charge >= 0.3 is 0 Å². The average Bonchev–Trinajstić information content (AvgIpc) is 2.58. The number of hydrogen-bond donors (Lipinski definition) is 2. The molecule has 0 radical (unpaired) electrons. The van der Waals surface area contributed by atoms with Crippen LogP contribution < -0.4 is 10.6 Å². The normalized spacial score (nSPS) is 14.9. The van der Waals surface area contributed by atoms with Gasteiger partial charge in [0, 0.05) is 31.3 Å². The van der Waals surface area contributed by atoms with Crippen LogP contribution >= 0.6 is 0 Å². The Bertz CT molecular complexity index is 486. The fourth-order valence-corrected chi connectivity index (χ4v) is 3.41. The molecular formula is C24H50N2O4. The summed E-state index contributed by atoms with van der Waals surface area (Å²) in [5.74, 6) is -0.292. The van der Waals surface area contributed by atoms with E-state index in [9.17, 15) is 9.59 Å². The third-order valence-electron chi connectivity index (χ3n) is 5.06. The molecule has 2 unspecified atom stereocenters. The zero-order valence-electron chi connectivity index (χ0n) is 21.7. The van der Waals surface area contributed by atoms with E-state index >= 15 is 0 Å². The summed E-state index contributed by atoms with van der Waals surface area (Å²) in [5, 5.41) is 5.99. The van der Waals surface area contributed by atoms with Crippen LogP contribution in [0, 0.1) is 16.7 Å². The van der Waals surface area contributed by atoms with Crippen LogP contribution in [0.3, 0.4) is 0 Å². The van der Waals surface area contributed by atoms with Gasteiger partial charge in [0.05, 0.1) is 13.2 Å². The van der Waals surface area contributed by atoms with Gasteiger partial charge in [-0.3, -0.25) is 4.79 Å². The van der Waals surface area contributed by atoms with E-state index in [1.807, 2.05) is 27.8 Å². The fraction of sp³-hybridized carbons (Fsp3) is 0.917. The largest absolute Gasteiger partial charge is 0.354 e. The molecule has 0 heterocycles. The molecule has 0 saturated carbocycles. The van der Waals surface area contributed by atoms with Gasteiger partial charge in [-0.25, -0.2) is 0 Å². The first-order chi connectivity index (χ1) is 13.7. The van der Waals surface area contributed by atoms with Crippen molar-refractivity contribution in [1.82, 2.24) is 10.6 Å². The molecular weight excluding hydrogens is 380 g/mol. The quantitative estimate of drug-likeness (QED) is 0.312. The van der Waals surface area contributed by atoms with Crippen molar-refractivity contribution < 1.29 is 19.1 Å². The second kappa shape index (κ2) is 14.9. The summed E-state index contributed by atoms with van der Waals surface area (Å²) < 4.78 is 12.0. The molecule has 0 bridgehead atoms. The van der Waals surface area contributed by atoms with Crippen molar-refractivity contribution >= 4 is 11.7 Å². The highest BCUT2D eigenvalue weighted by molar-refractivity contribution is 5.76. The van der Waals surface area contributed by atoms with E-state index in [-0.39, 0.29) is 28.4 Å². The maximum atomic E-state index is 12.2. The molecule has 0 aromatic rings. The monoisotopic (exact) mass is 430 g/mol. The summed E-state index contributed by atoms with van der Waals surface area (Å²) in [4.78, 5) is 23.6. The van der Waals surface area contributed by atoms with Crippen LogP contribution in [0.15, 0.2) is 0 Å². The number of Topliss-reactive ketones (excluding diaryl/α,β-unsaturated/α-hetero) is 1. The minimum atomic E-state index is -0.724. The van der Waals surface area contributed by atoms with E-state index < -0.39 is 5.79 Å². The molecule has 0 aliphatic carbocycles. The van der Waals surface area contributed by atoms with E-state index in [0.29, 0.717) is 32.6 Å². The Morgan fingerprint density at radius 2 is 1.43 bits per heavy atom. The van der Waals surface area contributed by atoms with Crippen molar-refractivity contribution in [3.8, 4) is 0 Å². The standard InChI is InChI=1S/C22H44N2O4.C2H6/c1-17(15-21(6,7)16-18(2)25)14-19(26)24-11-13-28-22(8,20(3,4)5)27-12-10-23-9;1-2/h17,23H,10-16H2,1-9H3,(H,24,26);1-2H3. The molecule has 0 aliphatic heterocycles. The zero-order chi connectivity index (χ0) is 24.0. The first kappa shape index (κ1) is 31.2. The predicted octanol–water partition coefficient (Wildman–Crippen LogP) is 4.57. The Balaban J connectivity index is 0. The Morgan fingerprint density at radius 3 is 1.87 bits per heavy atom. The van der Waals surface area contributed by atoms with E-state index in [1.54, 1.807) is 6.92 Å². The summed E-state index contributed by atoms with van der Waals surface area (Å²) in [6, 6.07) is 0. The van der Waals surface area contributed by atoms with Crippen molar-refractivity contribution in [3.05, 3.63) is 0 Å². The SMILES string of the molecule is CC.CNCCOC(C)(OCCNC(=O)CC(C)CC(C)(C)CC(C)=O)C(C)(C)C. The maximum Gasteiger partial charge on any atom is 0.220 e. The molecule has 0 aromatic heterocycles. The lowest BCUT2D eigenvalue weighted by atomic mass is 9.78.